The van der Waals surface area contributed by atoms with Crippen LogP contribution in [0.15, 0.2) is 43.1 Å². The van der Waals surface area contributed by atoms with Crippen LogP contribution in [0, 0.1) is 0 Å². The topological polar surface area (TPSA) is 30.7 Å². The Labute approximate surface area is 89.1 Å². The third-order valence-corrected chi connectivity index (χ3v) is 2.18. The summed E-state index contributed by atoms with van der Waals surface area (Å²) in [5, 5.41) is 0. The van der Waals surface area contributed by atoms with Gasteiger partial charge in [-0.05, 0) is 30.7 Å². The van der Waals surface area contributed by atoms with Gasteiger partial charge in [-0.15, -0.1) is 0 Å². The maximum atomic E-state index is 4.13. The zero-order valence-electron chi connectivity index (χ0n) is 8.67. The van der Waals surface area contributed by atoms with Gasteiger partial charge in [-0.25, -0.2) is 4.98 Å². The summed E-state index contributed by atoms with van der Waals surface area (Å²) in [6.45, 7) is 2.84. The van der Waals surface area contributed by atoms with Gasteiger partial charge in [-0.1, -0.05) is 6.08 Å². The largest absolute Gasteiger partial charge is 0.327 e. The maximum Gasteiger partial charge on any atom is 0.0953 e. The second-order valence-electron chi connectivity index (χ2n) is 3.30. The molecule has 3 heteroatoms. The Kier molecular flexibility index (Phi) is 2.93. The van der Waals surface area contributed by atoms with Crippen molar-refractivity contribution >= 4 is 6.08 Å². The Morgan fingerprint density at radius 2 is 2.07 bits per heavy atom. The molecular weight excluding hydrogens is 186 g/mol. The smallest absolute Gasteiger partial charge is 0.0953 e. The zero-order valence-corrected chi connectivity index (χ0v) is 8.67. The Morgan fingerprint density at radius 1 is 1.27 bits per heavy atom. The predicted octanol–water partition coefficient (Wildman–Crippen LogP) is 2.36. The molecule has 0 aliphatic carbocycles. The summed E-state index contributed by atoms with van der Waals surface area (Å²) in [7, 11) is 0. The highest BCUT2D eigenvalue weighted by Gasteiger charge is 1.98. The van der Waals surface area contributed by atoms with Crippen LogP contribution >= 0.6 is 0 Å². The van der Waals surface area contributed by atoms with Gasteiger partial charge in [0.05, 0.1) is 18.2 Å². The van der Waals surface area contributed by atoms with Crippen LogP contribution < -0.4 is 0 Å². The number of hydrogen-bond donors (Lipinski definition) is 0. The zero-order chi connectivity index (χ0) is 10.5. The molecule has 0 bridgehead atoms. The molecule has 0 fully saturated rings. The lowest BCUT2D eigenvalue weighted by molar-refractivity contribution is 0.788. The fourth-order valence-corrected chi connectivity index (χ4v) is 1.46. The Balaban J connectivity index is 2.21. The van der Waals surface area contributed by atoms with Crippen LogP contribution in [0.4, 0.5) is 0 Å². The average molecular weight is 199 g/mol. The third-order valence-electron chi connectivity index (χ3n) is 2.18. The van der Waals surface area contributed by atoms with Gasteiger partial charge < -0.3 is 4.57 Å². The summed E-state index contributed by atoms with van der Waals surface area (Å²) in [6.07, 6.45) is 11.4. The summed E-state index contributed by atoms with van der Waals surface area (Å²) < 4.78 is 2.11. The molecule has 0 aliphatic heterocycles. The molecule has 0 atom stereocenters. The van der Waals surface area contributed by atoms with Gasteiger partial charge in [0, 0.05) is 18.9 Å². The van der Waals surface area contributed by atoms with Gasteiger partial charge in [-0.3, -0.25) is 4.98 Å². The van der Waals surface area contributed by atoms with Gasteiger partial charge in [0.15, 0.2) is 0 Å². The molecular formula is C12H13N3. The van der Waals surface area contributed by atoms with Crippen LogP contribution in [0.25, 0.3) is 6.08 Å². The molecule has 2 rings (SSSR count). The lowest BCUT2D eigenvalue weighted by Crippen LogP contribution is -1.99. The molecule has 0 saturated heterocycles. The molecule has 0 saturated carbocycles. The van der Waals surface area contributed by atoms with Crippen LogP contribution in [0.3, 0.4) is 0 Å². The van der Waals surface area contributed by atoms with Crippen molar-refractivity contribution in [3.63, 3.8) is 0 Å². The minimum atomic E-state index is 0.836. The first-order valence-corrected chi connectivity index (χ1v) is 4.92. The average Bonchev–Trinajstić information content (AvgIpc) is 2.68. The van der Waals surface area contributed by atoms with Crippen molar-refractivity contribution in [1.82, 2.24) is 14.5 Å². The first kappa shape index (κ1) is 9.65. The number of imidazole rings is 1. The molecule has 2 aromatic rings. The molecule has 0 N–H and O–H groups in total. The second kappa shape index (κ2) is 4.55. The van der Waals surface area contributed by atoms with E-state index in [-0.39, 0.29) is 0 Å². The standard InChI is InChI=1S/C12H13N3/c1-2-3-12-8-14-10-15(12)9-11-4-6-13-7-5-11/h2-8,10H,9H2,1H3. The molecule has 0 radical (unpaired) electrons. The lowest BCUT2D eigenvalue weighted by Gasteiger charge is -2.04. The van der Waals surface area contributed by atoms with E-state index in [2.05, 4.69) is 14.5 Å². The number of aromatic nitrogens is 3. The van der Waals surface area contributed by atoms with Crippen molar-refractivity contribution in [3.05, 3.63) is 54.4 Å². The first-order valence-electron chi connectivity index (χ1n) is 4.92. The Hall–Kier alpha value is -1.90. The number of rotatable bonds is 3. The van der Waals surface area contributed by atoms with Crippen LogP contribution in [-0.4, -0.2) is 14.5 Å². The molecule has 0 spiro atoms. The Morgan fingerprint density at radius 3 is 2.80 bits per heavy atom. The summed E-state index contributed by atoms with van der Waals surface area (Å²) in [6, 6.07) is 4.03. The fraction of sp³-hybridized carbons (Fsp3) is 0.167. The minimum absolute atomic E-state index is 0.836. The van der Waals surface area contributed by atoms with E-state index in [1.807, 2.05) is 56.1 Å². The lowest BCUT2D eigenvalue weighted by atomic mass is 10.2. The van der Waals surface area contributed by atoms with Crippen molar-refractivity contribution in [1.29, 1.82) is 0 Å². The van der Waals surface area contributed by atoms with Crippen LogP contribution in [0.5, 0.6) is 0 Å². The summed E-state index contributed by atoms with van der Waals surface area (Å²) >= 11 is 0. The SMILES string of the molecule is CC=Cc1cncn1Cc1ccncc1. The molecule has 0 unspecified atom stereocenters. The minimum Gasteiger partial charge on any atom is -0.327 e. The molecule has 76 valence electrons. The molecule has 0 aliphatic rings. The molecule has 15 heavy (non-hydrogen) atoms. The Bertz CT molecular complexity index is 443. The van der Waals surface area contributed by atoms with Crippen LogP contribution in [0.1, 0.15) is 18.2 Å². The number of hydrogen-bond acceptors (Lipinski definition) is 2. The van der Waals surface area contributed by atoms with Crippen molar-refractivity contribution in [2.45, 2.75) is 13.5 Å². The molecule has 2 heterocycles. The van der Waals surface area contributed by atoms with Gasteiger partial charge in [-0.2, -0.15) is 0 Å². The fourth-order valence-electron chi connectivity index (χ4n) is 1.46. The van der Waals surface area contributed by atoms with Gasteiger partial charge in [0.2, 0.25) is 0 Å². The number of nitrogens with zero attached hydrogens (tertiary/aromatic N) is 3. The molecule has 0 amide bonds. The van der Waals surface area contributed by atoms with Gasteiger partial charge in [0.1, 0.15) is 0 Å². The highest BCUT2D eigenvalue weighted by Crippen LogP contribution is 2.06. The van der Waals surface area contributed by atoms with Crippen molar-refractivity contribution in [3.8, 4) is 0 Å². The summed E-state index contributed by atoms with van der Waals surface area (Å²) in [4.78, 5) is 8.13. The van der Waals surface area contributed by atoms with E-state index in [4.69, 9.17) is 0 Å². The molecule has 2 aromatic heterocycles. The van der Waals surface area contributed by atoms with E-state index < -0.39 is 0 Å². The maximum absolute atomic E-state index is 4.13. The highest BCUT2D eigenvalue weighted by atomic mass is 15.0. The second-order valence-corrected chi connectivity index (χ2v) is 3.30. The van der Waals surface area contributed by atoms with E-state index in [1.165, 1.54) is 5.56 Å². The van der Waals surface area contributed by atoms with E-state index in [0.717, 1.165) is 12.2 Å². The molecule has 0 aromatic carbocycles. The summed E-state index contributed by atoms with van der Waals surface area (Å²) in [5.74, 6) is 0. The highest BCUT2D eigenvalue weighted by molar-refractivity contribution is 5.43. The third kappa shape index (κ3) is 2.31. The van der Waals surface area contributed by atoms with Crippen LogP contribution in [0.2, 0.25) is 0 Å². The van der Waals surface area contributed by atoms with E-state index in [9.17, 15) is 0 Å². The van der Waals surface area contributed by atoms with E-state index in [1.54, 1.807) is 0 Å². The van der Waals surface area contributed by atoms with Crippen molar-refractivity contribution < 1.29 is 0 Å². The normalized spacial score (nSPS) is 11.0. The van der Waals surface area contributed by atoms with E-state index >= 15 is 0 Å². The van der Waals surface area contributed by atoms with Crippen molar-refractivity contribution in [2.75, 3.05) is 0 Å². The van der Waals surface area contributed by atoms with E-state index in [0.29, 0.717) is 0 Å². The van der Waals surface area contributed by atoms with Gasteiger partial charge in [0.25, 0.3) is 0 Å². The summed E-state index contributed by atoms with van der Waals surface area (Å²) in [5.41, 5.74) is 2.35. The van der Waals surface area contributed by atoms with Crippen LogP contribution in [-0.2, 0) is 6.54 Å². The first-order chi connectivity index (χ1) is 7.40. The number of allylic oxidation sites excluding steroid dienone is 1. The van der Waals surface area contributed by atoms with Gasteiger partial charge >= 0.3 is 0 Å². The predicted molar refractivity (Wildman–Crippen MR) is 60.3 cm³/mol. The van der Waals surface area contributed by atoms with Crippen molar-refractivity contribution in [2.24, 2.45) is 0 Å². The molecule has 3 nitrogen and oxygen atoms in total. The monoisotopic (exact) mass is 199 g/mol. The quantitative estimate of drug-likeness (QED) is 0.759. The number of pyridine rings is 1.